The number of rotatable bonds is 9. The van der Waals surface area contributed by atoms with Crippen LogP contribution in [0.5, 0.6) is 5.88 Å². The Balaban J connectivity index is 1.64. The molecule has 0 saturated carbocycles. The summed E-state index contributed by atoms with van der Waals surface area (Å²) in [7, 11) is 0. The minimum absolute atomic E-state index is 0.0947. The van der Waals surface area contributed by atoms with Crippen LogP contribution in [-0.4, -0.2) is 25.8 Å². The van der Waals surface area contributed by atoms with Crippen molar-refractivity contribution < 1.29 is 15.1 Å². The van der Waals surface area contributed by atoms with E-state index in [2.05, 4.69) is 10.2 Å². The number of hydrogen-bond acceptors (Lipinski definition) is 5. The number of hydroxylamine groups is 1. The largest absolute Gasteiger partial charge is 0.494 e. The fourth-order valence-electron chi connectivity index (χ4n) is 4.13. The second-order valence-corrected chi connectivity index (χ2v) is 7.55. The van der Waals surface area contributed by atoms with Gasteiger partial charge < -0.3 is 14.7 Å². The van der Waals surface area contributed by atoms with Gasteiger partial charge in [0.2, 0.25) is 11.8 Å². The predicted molar refractivity (Wildman–Crippen MR) is 119 cm³/mol. The molecule has 31 heavy (non-hydrogen) atoms. The van der Waals surface area contributed by atoms with Crippen LogP contribution in [0.1, 0.15) is 32.1 Å². The summed E-state index contributed by atoms with van der Waals surface area (Å²) < 4.78 is 1.85. The Morgan fingerprint density at radius 2 is 1.71 bits per heavy atom. The Hall–Kier alpha value is -3.65. The van der Waals surface area contributed by atoms with Crippen LogP contribution in [0.25, 0.3) is 33.1 Å². The van der Waals surface area contributed by atoms with Crippen LogP contribution in [0.15, 0.2) is 53.7 Å². The highest BCUT2D eigenvalue weighted by Crippen LogP contribution is 2.45. The van der Waals surface area contributed by atoms with Gasteiger partial charge in [-0.05, 0) is 30.2 Å². The summed E-state index contributed by atoms with van der Waals surface area (Å²) in [5.41, 5.74) is 4.68. The number of H-pyrrole nitrogens is 1. The summed E-state index contributed by atoms with van der Waals surface area (Å²) in [6.45, 7) is 0.600. The van der Waals surface area contributed by atoms with E-state index >= 15 is 0 Å². The average Bonchev–Trinajstić information content (AvgIpc) is 3.29. The first kappa shape index (κ1) is 20.6. The molecule has 4 rings (SSSR count). The van der Waals surface area contributed by atoms with Gasteiger partial charge in [0.25, 0.3) is 0 Å². The summed E-state index contributed by atoms with van der Waals surface area (Å²) in [6, 6.07) is 15.1. The van der Waals surface area contributed by atoms with Crippen molar-refractivity contribution in [1.29, 1.82) is 0 Å². The van der Waals surface area contributed by atoms with E-state index in [1.807, 2.05) is 53.1 Å². The van der Waals surface area contributed by atoms with E-state index in [4.69, 9.17) is 5.21 Å². The monoisotopic (exact) mass is 420 g/mol. The molecule has 2 aromatic heterocycles. The molecule has 0 aliphatic heterocycles. The molecule has 0 atom stereocenters. The van der Waals surface area contributed by atoms with E-state index in [1.165, 1.54) is 0 Å². The third kappa shape index (κ3) is 3.89. The van der Waals surface area contributed by atoms with Gasteiger partial charge in [0.1, 0.15) is 5.69 Å². The second kappa shape index (κ2) is 9.01. The van der Waals surface area contributed by atoms with E-state index in [0.29, 0.717) is 30.6 Å². The highest BCUT2D eigenvalue weighted by Gasteiger charge is 2.23. The van der Waals surface area contributed by atoms with Crippen LogP contribution in [0.2, 0.25) is 0 Å². The van der Waals surface area contributed by atoms with Crippen LogP contribution in [-0.2, 0) is 11.3 Å². The van der Waals surface area contributed by atoms with E-state index < -0.39 is 0 Å². The number of aryl methyl sites for hydroxylation is 1. The van der Waals surface area contributed by atoms with Gasteiger partial charge in [-0.25, -0.2) is 5.48 Å². The zero-order valence-electron chi connectivity index (χ0n) is 17.0. The van der Waals surface area contributed by atoms with Gasteiger partial charge in [0.15, 0.2) is 0 Å². The molecule has 0 aliphatic rings. The van der Waals surface area contributed by atoms with Gasteiger partial charge >= 0.3 is 0 Å². The quantitative estimate of drug-likeness (QED) is 0.126. The van der Waals surface area contributed by atoms with Gasteiger partial charge in [-0.3, -0.25) is 10.0 Å². The Morgan fingerprint density at radius 3 is 2.48 bits per heavy atom. The lowest BCUT2D eigenvalue weighted by Crippen LogP contribution is -2.17. The molecule has 4 aromatic rings. The average molecular weight is 420 g/mol. The first-order valence-corrected chi connectivity index (χ1v) is 10.3. The molecule has 8 heteroatoms. The van der Waals surface area contributed by atoms with Crippen molar-refractivity contribution in [2.45, 2.75) is 38.6 Å². The number of aromatic amines is 1. The zero-order chi connectivity index (χ0) is 21.8. The fourth-order valence-corrected chi connectivity index (χ4v) is 4.13. The third-order valence-electron chi connectivity index (χ3n) is 5.62. The summed E-state index contributed by atoms with van der Waals surface area (Å²) >= 11 is 0. The number of para-hydroxylation sites is 2. The number of hydrogen-bond donors (Lipinski definition) is 4. The van der Waals surface area contributed by atoms with E-state index in [-0.39, 0.29) is 17.5 Å². The summed E-state index contributed by atoms with van der Waals surface area (Å²) in [5.74, 6) is -0.283. The van der Waals surface area contributed by atoms with Gasteiger partial charge in [-0.2, -0.15) is 0 Å². The summed E-state index contributed by atoms with van der Waals surface area (Å²) in [6.07, 6.45) is 3.53. The number of nitrogens with one attached hydrogen (secondary N) is 2. The maximum absolute atomic E-state index is 11.7. The number of nitroso groups, excluding NO2 is 1. The Kier molecular flexibility index (Phi) is 5.99. The van der Waals surface area contributed by atoms with Gasteiger partial charge in [-0.1, -0.05) is 49.2 Å². The Labute approximate surface area is 178 Å². The maximum atomic E-state index is 11.7. The molecule has 2 aromatic carbocycles. The van der Waals surface area contributed by atoms with Gasteiger partial charge in [0.05, 0.1) is 16.8 Å². The molecule has 0 saturated heterocycles. The molecule has 0 aliphatic carbocycles. The standard InChI is InChI=1S/C23H24N4O4/c28-19(25-30)13-3-1-2-8-14-27-18-12-7-5-10-16(18)20(23(27)29)22-21(26-31)15-9-4-6-11-17(15)24-22/h4-7,9-12,24,29-30H,1-3,8,13-14H2,(H,25,28). The molecule has 1 amide bonds. The van der Waals surface area contributed by atoms with E-state index in [1.54, 1.807) is 5.48 Å². The van der Waals surface area contributed by atoms with Crippen LogP contribution in [0.4, 0.5) is 5.69 Å². The van der Waals surface area contributed by atoms with Crippen molar-refractivity contribution in [1.82, 2.24) is 15.0 Å². The third-order valence-corrected chi connectivity index (χ3v) is 5.62. The maximum Gasteiger partial charge on any atom is 0.243 e. The normalized spacial score (nSPS) is 11.3. The van der Waals surface area contributed by atoms with Crippen molar-refractivity contribution >= 4 is 33.4 Å². The van der Waals surface area contributed by atoms with Crippen LogP contribution < -0.4 is 5.48 Å². The molecule has 2 heterocycles. The number of aromatic hydroxyl groups is 1. The van der Waals surface area contributed by atoms with E-state index in [9.17, 15) is 14.8 Å². The van der Waals surface area contributed by atoms with Crippen LogP contribution in [0.3, 0.4) is 0 Å². The van der Waals surface area contributed by atoms with Crippen molar-refractivity contribution in [2.24, 2.45) is 5.18 Å². The van der Waals surface area contributed by atoms with Crippen LogP contribution in [0, 0.1) is 4.91 Å². The second-order valence-electron chi connectivity index (χ2n) is 7.55. The topological polar surface area (TPSA) is 120 Å². The number of amides is 1. The van der Waals surface area contributed by atoms with Crippen molar-refractivity contribution in [2.75, 3.05) is 0 Å². The number of unbranched alkanes of at least 4 members (excludes halogenated alkanes) is 3. The summed E-state index contributed by atoms with van der Waals surface area (Å²) in [4.78, 5) is 26.0. The molecule has 0 radical (unpaired) electrons. The molecule has 0 fully saturated rings. The minimum Gasteiger partial charge on any atom is -0.494 e. The lowest BCUT2D eigenvalue weighted by Gasteiger charge is -2.07. The molecule has 4 N–H and O–H groups in total. The smallest absolute Gasteiger partial charge is 0.243 e. The van der Waals surface area contributed by atoms with Gasteiger partial charge in [0, 0.05) is 29.3 Å². The SMILES string of the molecule is O=Nc1c(-c2c(O)n(CCCCCCC(=O)NO)c3ccccc23)[nH]c2ccccc12. The predicted octanol–water partition coefficient (Wildman–Crippen LogP) is 5.35. The molecule has 0 bridgehead atoms. The van der Waals surface area contributed by atoms with Gasteiger partial charge in [-0.15, -0.1) is 4.91 Å². The number of fused-ring (bicyclic) bond motifs is 2. The number of benzene rings is 2. The van der Waals surface area contributed by atoms with E-state index in [0.717, 1.165) is 41.1 Å². The Morgan fingerprint density at radius 1 is 1.00 bits per heavy atom. The lowest BCUT2D eigenvalue weighted by atomic mass is 10.1. The minimum atomic E-state index is -0.378. The van der Waals surface area contributed by atoms with Crippen molar-refractivity contribution in [3.05, 3.63) is 53.4 Å². The lowest BCUT2D eigenvalue weighted by molar-refractivity contribution is -0.129. The first-order chi connectivity index (χ1) is 15.2. The number of nitrogens with zero attached hydrogens (tertiary/aromatic N) is 2. The molecule has 160 valence electrons. The zero-order valence-corrected chi connectivity index (χ0v) is 17.0. The number of carbonyl (C=O) groups is 1. The molecular weight excluding hydrogens is 396 g/mol. The van der Waals surface area contributed by atoms with Crippen molar-refractivity contribution in [3.8, 4) is 17.1 Å². The molecular formula is C23H24N4O4. The number of carbonyl (C=O) groups excluding carboxylic acids is 1. The summed E-state index contributed by atoms with van der Waals surface area (Å²) in [5, 5.41) is 24.5. The molecule has 0 spiro atoms. The van der Waals surface area contributed by atoms with Crippen molar-refractivity contribution in [3.63, 3.8) is 0 Å². The molecule has 0 unspecified atom stereocenters. The fraction of sp³-hybridized carbons (Fsp3) is 0.261. The molecule has 8 nitrogen and oxygen atoms in total. The highest BCUT2D eigenvalue weighted by atomic mass is 16.5. The Bertz CT molecular complexity index is 1240. The highest BCUT2D eigenvalue weighted by molar-refractivity contribution is 6.07. The first-order valence-electron chi connectivity index (χ1n) is 10.3. The van der Waals surface area contributed by atoms with Crippen LogP contribution >= 0.6 is 0 Å². The number of aromatic nitrogens is 2.